The smallest absolute Gasteiger partial charge is 0.263 e. The maximum atomic E-state index is 12.4. The Kier molecular flexibility index (Phi) is 5.38. The largest absolute Gasteiger partial charge is 0.265 e. The minimum absolute atomic E-state index is 0.107. The molecule has 1 aromatic heterocycles. The van der Waals surface area contributed by atoms with E-state index in [0.717, 1.165) is 5.56 Å². The standard InChI is InChI=1S/C16H12BrCl2N3O2S/c17-15-10-22(9-11-1-3-12(18)4-2-11)20-16(15)21-25(23,24)14-7-5-13(19)6-8-14/h1-8,10H,9H2,(H,20,21). The van der Waals surface area contributed by atoms with Gasteiger partial charge in [0.1, 0.15) is 0 Å². The van der Waals surface area contributed by atoms with Crippen molar-refractivity contribution in [2.24, 2.45) is 0 Å². The third-order valence-corrected chi connectivity index (χ3v) is 5.77. The number of nitrogens with one attached hydrogen (secondary N) is 1. The zero-order chi connectivity index (χ0) is 18.0. The molecule has 0 spiro atoms. The van der Waals surface area contributed by atoms with E-state index in [9.17, 15) is 8.42 Å². The Bertz CT molecular complexity index is 987. The summed E-state index contributed by atoms with van der Waals surface area (Å²) < 4.78 is 29.5. The van der Waals surface area contributed by atoms with Crippen molar-refractivity contribution in [1.82, 2.24) is 9.78 Å². The minimum atomic E-state index is -3.75. The summed E-state index contributed by atoms with van der Waals surface area (Å²) in [6.45, 7) is 0.485. The van der Waals surface area contributed by atoms with Gasteiger partial charge in [-0.2, -0.15) is 5.10 Å². The van der Waals surface area contributed by atoms with Gasteiger partial charge in [-0.05, 0) is 57.9 Å². The number of hydrogen-bond acceptors (Lipinski definition) is 3. The molecule has 9 heteroatoms. The number of hydrogen-bond donors (Lipinski definition) is 1. The van der Waals surface area contributed by atoms with Gasteiger partial charge in [0.25, 0.3) is 10.0 Å². The first kappa shape index (κ1) is 18.3. The van der Waals surface area contributed by atoms with Crippen LogP contribution in [0.2, 0.25) is 10.0 Å². The van der Waals surface area contributed by atoms with Crippen molar-refractivity contribution in [3.05, 3.63) is 74.8 Å². The molecule has 0 saturated heterocycles. The third kappa shape index (κ3) is 4.55. The van der Waals surface area contributed by atoms with Crippen LogP contribution >= 0.6 is 39.1 Å². The molecule has 2 aromatic carbocycles. The molecule has 1 heterocycles. The van der Waals surface area contributed by atoms with Crippen LogP contribution in [-0.4, -0.2) is 18.2 Å². The van der Waals surface area contributed by atoms with Gasteiger partial charge >= 0.3 is 0 Å². The second-order valence-corrected chi connectivity index (χ2v) is 8.62. The van der Waals surface area contributed by atoms with Crippen LogP contribution in [0, 0.1) is 0 Å². The van der Waals surface area contributed by atoms with Crippen LogP contribution in [0.4, 0.5) is 5.82 Å². The molecule has 0 radical (unpaired) electrons. The fourth-order valence-electron chi connectivity index (χ4n) is 2.12. The Balaban J connectivity index is 1.80. The number of nitrogens with zero attached hydrogens (tertiary/aromatic N) is 2. The van der Waals surface area contributed by atoms with Crippen LogP contribution in [0.5, 0.6) is 0 Å². The van der Waals surface area contributed by atoms with Crippen molar-refractivity contribution in [1.29, 1.82) is 0 Å². The van der Waals surface area contributed by atoms with Gasteiger partial charge in [0.15, 0.2) is 5.82 Å². The number of rotatable bonds is 5. The normalized spacial score (nSPS) is 11.5. The zero-order valence-electron chi connectivity index (χ0n) is 12.7. The van der Waals surface area contributed by atoms with Crippen molar-refractivity contribution in [2.45, 2.75) is 11.4 Å². The molecular weight excluding hydrogens is 449 g/mol. The fourth-order valence-corrected chi connectivity index (χ4v) is 3.94. The summed E-state index contributed by atoms with van der Waals surface area (Å²) in [5, 5.41) is 5.40. The summed E-state index contributed by atoms with van der Waals surface area (Å²) in [4.78, 5) is 0.107. The van der Waals surface area contributed by atoms with Crippen molar-refractivity contribution in [3.8, 4) is 0 Å². The summed E-state index contributed by atoms with van der Waals surface area (Å²) in [6, 6.07) is 13.3. The molecule has 0 aliphatic heterocycles. The molecule has 0 saturated carbocycles. The number of sulfonamides is 1. The Hall–Kier alpha value is -1.54. The lowest BCUT2D eigenvalue weighted by Crippen LogP contribution is -2.14. The summed E-state index contributed by atoms with van der Waals surface area (Å²) in [6.07, 6.45) is 1.70. The van der Waals surface area contributed by atoms with E-state index in [1.165, 1.54) is 24.3 Å². The first-order valence-electron chi connectivity index (χ1n) is 7.09. The molecule has 25 heavy (non-hydrogen) atoms. The first-order valence-corrected chi connectivity index (χ1v) is 10.1. The highest BCUT2D eigenvalue weighted by molar-refractivity contribution is 9.10. The van der Waals surface area contributed by atoms with Crippen LogP contribution in [0.15, 0.2) is 64.1 Å². The highest BCUT2D eigenvalue weighted by atomic mass is 79.9. The maximum absolute atomic E-state index is 12.4. The summed E-state index contributed by atoms with van der Waals surface area (Å²) in [5.41, 5.74) is 0.992. The first-order chi connectivity index (χ1) is 11.8. The van der Waals surface area contributed by atoms with Gasteiger partial charge in [-0.25, -0.2) is 8.42 Å². The Labute approximate surface area is 163 Å². The SMILES string of the molecule is O=S(=O)(Nc1nn(Cc2ccc(Cl)cc2)cc1Br)c1ccc(Cl)cc1. The molecule has 0 bridgehead atoms. The van der Waals surface area contributed by atoms with E-state index < -0.39 is 10.0 Å². The molecule has 3 aromatic rings. The van der Waals surface area contributed by atoms with Crippen LogP contribution in [0.3, 0.4) is 0 Å². The zero-order valence-corrected chi connectivity index (χ0v) is 16.6. The Morgan fingerprint density at radius 1 is 1.00 bits per heavy atom. The van der Waals surface area contributed by atoms with Gasteiger partial charge in [-0.15, -0.1) is 0 Å². The lowest BCUT2D eigenvalue weighted by atomic mass is 10.2. The summed E-state index contributed by atoms with van der Waals surface area (Å²) >= 11 is 15.0. The molecule has 0 aliphatic carbocycles. The monoisotopic (exact) mass is 459 g/mol. The van der Waals surface area contributed by atoms with E-state index in [2.05, 4.69) is 25.8 Å². The Morgan fingerprint density at radius 2 is 1.56 bits per heavy atom. The highest BCUT2D eigenvalue weighted by Crippen LogP contribution is 2.24. The topological polar surface area (TPSA) is 64.0 Å². The van der Waals surface area contributed by atoms with Crippen molar-refractivity contribution in [2.75, 3.05) is 4.72 Å². The summed E-state index contributed by atoms with van der Waals surface area (Å²) in [7, 11) is -3.75. The van der Waals surface area contributed by atoms with Gasteiger partial charge in [0.2, 0.25) is 0 Å². The molecule has 0 amide bonds. The second-order valence-electron chi connectivity index (χ2n) is 5.21. The average Bonchev–Trinajstić information content (AvgIpc) is 2.89. The predicted molar refractivity (Wildman–Crippen MR) is 103 cm³/mol. The molecule has 3 rings (SSSR count). The van der Waals surface area contributed by atoms with E-state index >= 15 is 0 Å². The molecular formula is C16H12BrCl2N3O2S. The van der Waals surface area contributed by atoms with Gasteiger partial charge < -0.3 is 0 Å². The van der Waals surface area contributed by atoms with E-state index in [0.29, 0.717) is 21.1 Å². The third-order valence-electron chi connectivity index (χ3n) is 3.33. The molecule has 5 nitrogen and oxygen atoms in total. The maximum Gasteiger partial charge on any atom is 0.263 e. The molecule has 1 N–H and O–H groups in total. The van der Waals surface area contributed by atoms with Gasteiger partial charge in [0.05, 0.1) is 15.9 Å². The predicted octanol–water partition coefficient (Wildman–Crippen LogP) is 4.80. The summed E-state index contributed by atoms with van der Waals surface area (Å²) in [5.74, 6) is 0.212. The highest BCUT2D eigenvalue weighted by Gasteiger charge is 2.18. The van der Waals surface area contributed by atoms with Crippen LogP contribution in [0.25, 0.3) is 0 Å². The number of aromatic nitrogens is 2. The molecule has 0 atom stereocenters. The van der Waals surface area contributed by atoms with Crippen LogP contribution < -0.4 is 4.72 Å². The van der Waals surface area contributed by atoms with Crippen molar-refractivity contribution >= 4 is 55.0 Å². The van der Waals surface area contributed by atoms with Gasteiger partial charge in [-0.1, -0.05) is 35.3 Å². The lowest BCUT2D eigenvalue weighted by Gasteiger charge is -2.06. The van der Waals surface area contributed by atoms with Gasteiger partial charge in [0, 0.05) is 16.2 Å². The molecule has 0 unspecified atom stereocenters. The van der Waals surface area contributed by atoms with E-state index in [1.54, 1.807) is 23.0 Å². The Morgan fingerprint density at radius 3 is 2.16 bits per heavy atom. The molecule has 0 fully saturated rings. The molecule has 0 aliphatic rings. The van der Waals surface area contributed by atoms with Gasteiger partial charge in [-0.3, -0.25) is 9.40 Å². The molecule has 130 valence electrons. The minimum Gasteiger partial charge on any atom is -0.265 e. The fraction of sp³-hybridized carbons (Fsp3) is 0.0625. The van der Waals surface area contributed by atoms with Crippen molar-refractivity contribution < 1.29 is 8.42 Å². The van der Waals surface area contributed by atoms with E-state index in [1.807, 2.05) is 12.1 Å². The van der Waals surface area contributed by atoms with Crippen LogP contribution in [-0.2, 0) is 16.6 Å². The number of anilines is 1. The lowest BCUT2D eigenvalue weighted by molar-refractivity contribution is 0.600. The quantitative estimate of drug-likeness (QED) is 0.594. The van der Waals surface area contributed by atoms with Crippen molar-refractivity contribution in [3.63, 3.8) is 0 Å². The van der Waals surface area contributed by atoms with E-state index in [-0.39, 0.29) is 10.7 Å². The number of halogens is 3. The number of benzene rings is 2. The van der Waals surface area contributed by atoms with Crippen LogP contribution in [0.1, 0.15) is 5.56 Å². The van der Waals surface area contributed by atoms with E-state index in [4.69, 9.17) is 23.2 Å². The second kappa shape index (κ2) is 7.37. The average molecular weight is 461 g/mol.